The Hall–Kier alpha value is -4.37. The van der Waals surface area contributed by atoms with Gasteiger partial charge in [-0.05, 0) is 128 Å². The van der Waals surface area contributed by atoms with Crippen molar-refractivity contribution < 1.29 is 42.1 Å². The zero-order valence-electron chi connectivity index (χ0n) is 66.8. The van der Waals surface area contributed by atoms with Gasteiger partial charge in [0, 0.05) is 12.8 Å². The van der Waals surface area contributed by atoms with Crippen LogP contribution in [0.3, 0.4) is 0 Å². The van der Waals surface area contributed by atoms with Crippen LogP contribution < -0.4 is 4.89 Å². The fraction of sp³-hybridized carbons (Fsp3) is 0.696. The Bertz CT molecular complexity index is 2290. The molecule has 0 spiro atoms. The van der Waals surface area contributed by atoms with Crippen LogP contribution >= 0.6 is 7.82 Å². The monoisotopic (exact) mass is 1440 g/mol. The Kier molecular flexibility index (Phi) is 77.3. The van der Waals surface area contributed by atoms with Crippen LogP contribution in [-0.4, -0.2) is 70.0 Å². The number of phosphoric ester groups is 1. The summed E-state index contributed by atoms with van der Waals surface area (Å²) in [5.41, 5.74) is 0. The number of nitrogens with zero attached hydrogens (tertiary/aromatic N) is 1. The van der Waals surface area contributed by atoms with Crippen molar-refractivity contribution in [3.05, 3.63) is 158 Å². The van der Waals surface area contributed by atoms with E-state index in [1.807, 2.05) is 21.1 Å². The first-order valence-electron chi connectivity index (χ1n) is 42.2. The summed E-state index contributed by atoms with van der Waals surface area (Å²) < 4.78 is 34.4. The maximum atomic E-state index is 12.9. The largest absolute Gasteiger partial charge is 0.756 e. The quantitative estimate of drug-likeness (QED) is 0.0195. The van der Waals surface area contributed by atoms with E-state index in [0.717, 1.165) is 135 Å². The van der Waals surface area contributed by atoms with Gasteiger partial charge in [-0.15, -0.1) is 0 Å². The SMILES string of the molecule is CC/C=C\C/C=C\C/C=C\C/C=C\C/C=C\C/C=C\C/C=C\C/C=C\C/C=C\C/C=C\CCCCCCCCC(=O)OC(COC(=O)CCCCCCCCCCCCCCCCCCCCCCCCCCCC/C=C\C/C=C\C/C=C\CCCCCCC)COP(=O)([O-])OCC[N+](C)(C)C. The molecular weight excluding hydrogens is 1280 g/mol. The van der Waals surface area contributed by atoms with Gasteiger partial charge >= 0.3 is 11.9 Å². The molecule has 0 N–H and O–H groups in total. The minimum Gasteiger partial charge on any atom is -0.756 e. The predicted molar refractivity (Wildman–Crippen MR) is 443 cm³/mol. The minimum absolute atomic E-state index is 0.0398. The fourth-order valence-electron chi connectivity index (χ4n) is 11.6. The molecule has 0 aromatic heterocycles. The van der Waals surface area contributed by atoms with E-state index in [1.54, 1.807) is 0 Å². The summed E-state index contributed by atoms with van der Waals surface area (Å²) >= 11 is 0. The third kappa shape index (κ3) is 84.6. The van der Waals surface area contributed by atoms with Crippen LogP contribution in [-0.2, 0) is 32.7 Å². The van der Waals surface area contributed by atoms with Gasteiger partial charge < -0.3 is 27.9 Å². The van der Waals surface area contributed by atoms with Gasteiger partial charge in [-0.1, -0.05) is 377 Å². The molecule has 9 nitrogen and oxygen atoms in total. The van der Waals surface area contributed by atoms with Crippen LogP contribution in [0, 0.1) is 0 Å². The summed E-state index contributed by atoms with van der Waals surface area (Å²) in [5.74, 6) is -0.846. The highest BCUT2D eigenvalue weighted by Crippen LogP contribution is 2.38. The summed E-state index contributed by atoms with van der Waals surface area (Å²) in [4.78, 5) is 38.2. The molecule has 0 aromatic rings. The van der Waals surface area contributed by atoms with Crippen LogP contribution in [0.25, 0.3) is 0 Å². The van der Waals surface area contributed by atoms with Crippen LogP contribution in [0.4, 0.5) is 0 Å². The van der Waals surface area contributed by atoms with Crippen molar-refractivity contribution in [3.63, 3.8) is 0 Å². The predicted octanol–water partition coefficient (Wildman–Crippen LogP) is 28.0. The second kappa shape index (κ2) is 80.7. The van der Waals surface area contributed by atoms with E-state index in [4.69, 9.17) is 18.5 Å². The van der Waals surface area contributed by atoms with Crippen LogP contribution in [0.1, 0.15) is 361 Å². The van der Waals surface area contributed by atoms with Crippen molar-refractivity contribution in [2.45, 2.75) is 367 Å². The van der Waals surface area contributed by atoms with Crippen LogP contribution in [0.15, 0.2) is 158 Å². The van der Waals surface area contributed by atoms with Gasteiger partial charge in [0.15, 0.2) is 6.10 Å². The Balaban J connectivity index is 4.00. The molecule has 102 heavy (non-hydrogen) atoms. The van der Waals surface area contributed by atoms with Gasteiger partial charge in [-0.3, -0.25) is 14.2 Å². The van der Waals surface area contributed by atoms with Gasteiger partial charge in [0.05, 0.1) is 27.7 Å². The van der Waals surface area contributed by atoms with E-state index >= 15 is 0 Å². The zero-order chi connectivity index (χ0) is 74.0. The molecule has 0 radical (unpaired) electrons. The lowest BCUT2D eigenvalue weighted by molar-refractivity contribution is -0.870. The van der Waals surface area contributed by atoms with Crippen molar-refractivity contribution in [3.8, 4) is 0 Å². The molecule has 2 unspecified atom stereocenters. The average Bonchev–Trinajstić information content (AvgIpc) is 0.913. The van der Waals surface area contributed by atoms with E-state index in [2.05, 4.69) is 172 Å². The number of hydrogen-bond acceptors (Lipinski definition) is 8. The summed E-state index contributed by atoms with van der Waals surface area (Å²) in [6.45, 7) is 4.12. The Labute approximate surface area is 630 Å². The number of phosphoric acid groups is 1. The van der Waals surface area contributed by atoms with Crippen molar-refractivity contribution in [2.24, 2.45) is 0 Å². The molecule has 0 saturated heterocycles. The number of quaternary nitrogens is 1. The number of unbranched alkanes of at least 4 members (excludes halogenated alkanes) is 37. The minimum atomic E-state index is -4.66. The smallest absolute Gasteiger partial charge is 0.306 e. The van der Waals surface area contributed by atoms with Crippen LogP contribution in [0.2, 0.25) is 0 Å². The lowest BCUT2D eigenvalue weighted by Gasteiger charge is -2.28. The molecule has 0 heterocycles. The molecule has 0 saturated carbocycles. The third-order valence-electron chi connectivity index (χ3n) is 18.0. The fourth-order valence-corrected chi connectivity index (χ4v) is 12.4. The molecule has 0 aliphatic carbocycles. The lowest BCUT2D eigenvalue weighted by atomic mass is 10.0. The number of carbonyl (C=O) groups excluding carboxylic acids is 2. The highest BCUT2D eigenvalue weighted by Gasteiger charge is 2.22. The first kappa shape index (κ1) is 97.6. The maximum absolute atomic E-state index is 12.9. The van der Waals surface area contributed by atoms with Gasteiger partial charge in [0.1, 0.15) is 19.8 Å². The number of hydrogen-bond donors (Lipinski definition) is 0. The molecule has 2 atom stereocenters. The summed E-state index contributed by atoms with van der Waals surface area (Å²) in [7, 11) is 1.15. The maximum Gasteiger partial charge on any atom is 0.306 e. The topological polar surface area (TPSA) is 111 Å². The second-order valence-electron chi connectivity index (χ2n) is 29.1. The Morgan fingerprint density at radius 1 is 0.314 bits per heavy atom. The normalized spacial score (nSPS) is 13.8. The standard InChI is InChI=1S/C92H158NO8P/c1-6-8-10-12-14-16-18-20-22-24-26-28-30-32-34-36-38-40-42-44-45-46-47-49-50-52-54-56-58-60-62-64-66-68-70-72-74-76-78-80-82-84-91(94)98-88-90(89-100-102(96,97)99-87-86-93(3,4)5)101-92(95)85-83-81-79-77-75-73-71-69-67-65-63-61-59-57-55-53-51-48-43-41-39-37-35-33-31-29-27-25-23-21-19-17-15-13-11-9-7-2/h9,11,15,17-18,20-21,23-24,26-27,29-30,32-33,35,39,41,48,51,55,57,61,63,67,69,90H,6-8,10,12-14,16,19,22,25,28,31,34,36-38,40,42-47,49-50,52-54,56,58-60,62,64-66,68,70-89H2,1-5H3/b11-9-,17-15-,20-18-,23-21-,26-24-,29-27-,32-30-,35-33-,41-39-,51-48-,57-55-,63-61-,69-67-. The van der Waals surface area contributed by atoms with Gasteiger partial charge in [-0.2, -0.15) is 0 Å². The van der Waals surface area contributed by atoms with E-state index < -0.39 is 26.5 Å². The molecule has 0 rings (SSSR count). The molecule has 10 heteroatoms. The first-order chi connectivity index (χ1) is 50.0. The van der Waals surface area contributed by atoms with E-state index in [-0.39, 0.29) is 32.0 Å². The molecule has 584 valence electrons. The van der Waals surface area contributed by atoms with E-state index in [9.17, 15) is 19.0 Å². The second-order valence-corrected chi connectivity index (χ2v) is 30.5. The van der Waals surface area contributed by atoms with Crippen molar-refractivity contribution in [2.75, 3.05) is 47.5 Å². The molecule has 0 amide bonds. The zero-order valence-corrected chi connectivity index (χ0v) is 67.7. The molecule has 0 aromatic carbocycles. The number of ether oxygens (including phenoxy) is 2. The number of likely N-dealkylation sites (N-methyl/N-ethyl adjacent to an activating group) is 1. The van der Waals surface area contributed by atoms with Gasteiger partial charge in [0.2, 0.25) is 0 Å². The van der Waals surface area contributed by atoms with E-state index in [1.165, 1.54) is 193 Å². The molecular formula is C92H158NO8P. The number of carbonyl (C=O) groups is 2. The number of allylic oxidation sites excluding steroid dienone is 26. The Morgan fingerprint density at radius 2 is 0.559 bits per heavy atom. The summed E-state index contributed by atoms with van der Waals surface area (Å²) in [6, 6.07) is 0. The number of rotatable bonds is 77. The molecule has 0 bridgehead atoms. The molecule has 0 aliphatic rings. The highest BCUT2D eigenvalue weighted by molar-refractivity contribution is 7.45. The number of esters is 2. The molecule has 0 aliphatic heterocycles. The van der Waals surface area contributed by atoms with E-state index in [0.29, 0.717) is 17.4 Å². The van der Waals surface area contributed by atoms with Crippen molar-refractivity contribution in [1.29, 1.82) is 0 Å². The highest BCUT2D eigenvalue weighted by atomic mass is 31.2. The molecule has 0 fully saturated rings. The van der Waals surface area contributed by atoms with Gasteiger partial charge in [-0.25, -0.2) is 0 Å². The van der Waals surface area contributed by atoms with Crippen molar-refractivity contribution in [1.82, 2.24) is 0 Å². The Morgan fingerprint density at radius 3 is 0.833 bits per heavy atom. The average molecular weight is 1440 g/mol. The third-order valence-corrected chi connectivity index (χ3v) is 19.0. The van der Waals surface area contributed by atoms with Gasteiger partial charge in [0.25, 0.3) is 7.82 Å². The summed E-state index contributed by atoms with van der Waals surface area (Å²) in [6.07, 6.45) is 121. The van der Waals surface area contributed by atoms with Crippen molar-refractivity contribution >= 4 is 19.8 Å². The summed E-state index contributed by atoms with van der Waals surface area (Å²) in [5, 5.41) is 0. The first-order valence-corrected chi connectivity index (χ1v) is 43.7. The van der Waals surface area contributed by atoms with Crippen LogP contribution in [0.5, 0.6) is 0 Å². The lowest BCUT2D eigenvalue weighted by Crippen LogP contribution is -2.37.